The highest BCUT2D eigenvalue weighted by molar-refractivity contribution is 5.61. The van der Waals surface area contributed by atoms with Crippen LogP contribution in [0, 0.1) is 0 Å². The molecule has 0 unspecified atom stereocenters. The summed E-state index contributed by atoms with van der Waals surface area (Å²) in [6, 6.07) is 9.12. The molecule has 6 nitrogen and oxygen atoms in total. The summed E-state index contributed by atoms with van der Waals surface area (Å²) in [5.74, 6) is 0.433. The van der Waals surface area contributed by atoms with E-state index in [1.165, 1.54) is 24.3 Å². The van der Waals surface area contributed by atoms with Gasteiger partial charge in [0.1, 0.15) is 5.75 Å². The molecule has 0 saturated carbocycles. The molecule has 0 amide bonds. The van der Waals surface area contributed by atoms with Gasteiger partial charge in [-0.3, -0.25) is 0 Å². The van der Waals surface area contributed by atoms with Gasteiger partial charge in [0, 0.05) is 18.6 Å². The van der Waals surface area contributed by atoms with Gasteiger partial charge in [0.15, 0.2) is 11.5 Å². The van der Waals surface area contributed by atoms with Gasteiger partial charge in [0.2, 0.25) is 0 Å². The van der Waals surface area contributed by atoms with Crippen LogP contribution in [0.25, 0.3) is 16.9 Å². The first kappa shape index (κ1) is 17.7. The minimum Gasteiger partial charge on any atom is -0.406 e. The lowest BCUT2D eigenvalue weighted by Crippen LogP contribution is -2.22. The molecule has 0 bridgehead atoms. The van der Waals surface area contributed by atoms with Crippen molar-refractivity contribution in [2.24, 2.45) is 0 Å². The highest BCUT2D eigenvalue weighted by Crippen LogP contribution is 2.26. The van der Waals surface area contributed by atoms with E-state index in [0.29, 0.717) is 29.1 Å². The zero-order valence-corrected chi connectivity index (χ0v) is 14.3. The quantitative estimate of drug-likeness (QED) is 0.691. The van der Waals surface area contributed by atoms with Crippen LogP contribution in [0.4, 0.5) is 13.2 Å². The first-order valence-electron chi connectivity index (χ1n) is 8.67. The monoisotopic (exact) mass is 378 g/mol. The van der Waals surface area contributed by atoms with Gasteiger partial charge in [-0.15, -0.1) is 23.4 Å². The predicted octanol–water partition coefficient (Wildman–Crippen LogP) is 3.80. The van der Waals surface area contributed by atoms with E-state index in [4.69, 9.17) is 4.74 Å². The average molecular weight is 378 g/mol. The lowest BCUT2D eigenvalue weighted by molar-refractivity contribution is -0.274. The maximum atomic E-state index is 12.3. The fourth-order valence-corrected chi connectivity index (χ4v) is 3.11. The molecule has 0 spiro atoms. The minimum atomic E-state index is -4.71. The van der Waals surface area contributed by atoms with Crippen LogP contribution in [0.15, 0.2) is 36.4 Å². The molecule has 0 N–H and O–H groups in total. The van der Waals surface area contributed by atoms with Crippen LogP contribution in [0.1, 0.15) is 25.1 Å². The van der Waals surface area contributed by atoms with Crippen molar-refractivity contribution >= 4 is 5.65 Å². The summed E-state index contributed by atoms with van der Waals surface area (Å²) >= 11 is 0. The zero-order valence-electron chi connectivity index (χ0n) is 14.3. The van der Waals surface area contributed by atoms with Gasteiger partial charge in [-0.1, -0.05) is 0 Å². The largest absolute Gasteiger partial charge is 0.573 e. The molecule has 0 radical (unpaired) electrons. The van der Waals surface area contributed by atoms with Gasteiger partial charge in [-0.25, -0.2) is 0 Å². The van der Waals surface area contributed by atoms with Gasteiger partial charge in [-0.2, -0.15) is 9.61 Å². The molecule has 1 atom stereocenters. The fraction of sp³-hybridized carbons (Fsp3) is 0.389. The van der Waals surface area contributed by atoms with Crippen molar-refractivity contribution in [3.63, 3.8) is 0 Å². The van der Waals surface area contributed by atoms with E-state index < -0.39 is 6.36 Å². The molecule has 1 aromatic carbocycles. The molecular weight excluding hydrogens is 361 g/mol. The molecule has 1 saturated heterocycles. The fourth-order valence-electron chi connectivity index (χ4n) is 3.11. The van der Waals surface area contributed by atoms with Crippen molar-refractivity contribution in [1.82, 2.24) is 19.8 Å². The molecule has 2 aromatic heterocycles. The van der Waals surface area contributed by atoms with Crippen molar-refractivity contribution < 1.29 is 22.6 Å². The standard InChI is InChI=1S/C18H17F3N4O2/c19-18(20,21)27-13-6-4-12(5-7-13)15-8-9-16-22-23-17(25(16)24-15)11-14-3-1-2-10-26-14/h4-9,14H,1-3,10-11H2/t14-/m0/s1. The van der Waals surface area contributed by atoms with Crippen molar-refractivity contribution in [3.05, 3.63) is 42.2 Å². The van der Waals surface area contributed by atoms with Crippen molar-refractivity contribution in [1.29, 1.82) is 0 Å². The van der Waals surface area contributed by atoms with E-state index in [1.807, 2.05) is 0 Å². The third-order valence-electron chi connectivity index (χ3n) is 4.40. The maximum Gasteiger partial charge on any atom is 0.573 e. The second-order valence-corrected chi connectivity index (χ2v) is 6.37. The van der Waals surface area contributed by atoms with Crippen LogP contribution < -0.4 is 4.74 Å². The van der Waals surface area contributed by atoms with Gasteiger partial charge < -0.3 is 9.47 Å². The van der Waals surface area contributed by atoms with Gasteiger partial charge in [-0.05, 0) is 55.7 Å². The van der Waals surface area contributed by atoms with Crippen molar-refractivity contribution in [3.8, 4) is 17.0 Å². The summed E-state index contributed by atoms with van der Waals surface area (Å²) in [6.07, 6.45) is -0.793. The van der Waals surface area contributed by atoms with Crippen LogP contribution >= 0.6 is 0 Å². The molecule has 0 aliphatic carbocycles. The zero-order chi connectivity index (χ0) is 18.9. The van der Waals surface area contributed by atoms with Crippen LogP contribution in [0.3, 0.4) is 0 Å². The number of alkyl halides is 3. The highest BCUT2D eigenvalue weighted by atomic mass is 19.4. The normalized spacial score (nSPS) is 18.0. The number of benzene rings is 1. The van der Waals surface area contributed by atoms with E-state index in [1.54, 1.807) is 16.6 Å². The summed E-state index contributed by atoms with van der Waals surface area (Å²) in [5.41, 5.74) is 1.88. The van der Waals surface area contributed by atoms with E-state index in [2.05, 4.69) is 20.0 Å². The van der Waals surface area contributed by atoms with E-state index in [9.17, 15) is 13.2 Å². The number of fused-ring (bicyclic) bond motifs is 1. The molecule has 9 heteroatoms. The molecule has 1 aliphatic heterocycles. The molecule has 3 aromatic rings. The maximum absolute atomic E-state index is 12.3. The van der Waals surface area contributed by atoms with Crippen LogP contribution in [0.5, 0.6) is 5.75 Å². The molecule has 4 rings (SSSR count). The molecule has 1 fully saturated rings. The lowest BCUT2D eigenvalue weighted by Gasteiger charge is -2.21. The van der Waals surface area contributed by atoms with Crippen LogP contribution in [-0.4, -0.2) is 38.9 Å². The lowest BCUT2D eigenvalue weighted by atomic mass is 10.1. The number of nitrogens with zero attached hydrogens (tertiary/aromatic N) is 4. The Balaban J connectivity index is 1.58. The Morgan fingerprint density at radius 2 is 1.89 bits per heavy atom. The van der Waals surface area contributed by atoms with E-state index in [0.717, 1.165) is 25.9 Å². The first-order chi connectivity index (χ1) is 13.0. The average Bonchev–Trinajstić information content (AvgIpc) is 3.04. The SMILES string of the molecule is FC(F)(F)Oc1ccc(-c2ccc3nnc(C[C@@H]4CCCCO4)n3n2)cc1. The molecule has 142 valence electrons. The van der Waals surface area contributed by atoms with Gasteiger partial charge >= 0.3 is 6.36 Å². The van der Waals surface area contributed by atoms with Crippen LogP contribution in [-0.2, 0) is 11.2 Å². The number of halogens is 3. The Kier molecular flexibility index (Phi) is 4.69. The third kappa shape index (κ3) is 4.19. The third-order valence-corrected chi connectivity index (χ3v) is 4.40. The number of rotatable bonds is 4. The Bertz CT molecular complexity index is 918. The summed E-state index contributed by atoms with van der Waals surface area (Å²) in [5, 5.41) is 12.9. The van der Waals surface area contributed by atoms with Crippen LogP contribution in [0.2, 0.25) is 0 Å². The Morgan fingerprint density at radius 3 is 2.59 bits per heavy atom. The summed E-state index contributed by atoms with van der Waals surface area (Å²) in [4.78, 5) is 0. The summed E-state index contributed by atoms with van der Waals surface area (Å²) in [7, 11) is 0. The number of aromatic nitrogens is 4. The number of ether oxygens (including phenoxy) is 2. The van der Waals surface area contributed by atoms with Gasteiger partial charge in [0.25, 0.3) is 0 Å². The van der Waals surface area contributed by atoms with Crippen molar-refractivity contribution in [2.75, 3.05) is 6.61 Å². The molecule has 1 aliphatic rings. The molecular formula is C18H17F3N4O2. The minimum absolute atomic E-state index is 0.107. The topological polar surface area (TPSA) is 61.5 Å². The van der Waals surface area contributed by atoms with E-state index >= 15 is 0 Å². The van der Waals surface area contributed by atoms with Crippen molar-refractivity contribution in [2.45, 2.75) is 38.1 Å². The molecule has 27 heavy (non-hydrogen) atoms. The second kappa shape index (κ2) is 7.15. The molecule has 3 heterocycles. The number of hydrogen-bond donors (Lipinski definition) is 0. The van der Waals surface area contributed by atoms with E-state index in [-0.39, 0.29) is 11.9 Å². The summed E-state index contributed by atoms with van der Waals surface area (Å²) in [6.45, 7) is 0.756. The second-order valence-electron chi connectivity index (χ2n) is 6.37. The highest BCUT2D eigenvalue weighted by Gasteiger charge is 2.31. The Morgan fingerprint density at radius 1 is 1.07 bits per heavy atom. The Hall–Kier alpha value is -2.68. The Labute approximate surface area is 152 Å². The summed E-state index contributed by atoms with van der Waals surface area (Å²) < 4.78 is 48.1. The first-order valence-corrected chi connectivity index (χ1v) is 8.67. The predicted molar refractivity (Wildman–Crippen MR) is 90.2 cm³/mol. The number of hydrogen-bond acceptors (Lipinski definition) is 5. The van der Waals surface area contributed by atoms with Gasteiger partial charge in [0.05, 0.1) is 11.8 Å². The smallest absolute Gasteiger partial charge is 0.406 e.